The Bertz CT molecular complexity index is 732. The Morgan fingerprint density at radius 2 is 1.88 bits per heavy atom. The van der Waals surface area contributed by atoms with Gasteiger partial charge in [-0.1, -0.05) is 30.3 Å². The first-order valence-corrected chi connectivity index (χ1v) is 8.23. The SMILES string of the molecule is O=C(O)CCCN(Cc1ccccc1)C(=O)c1csc(C(F)(F)F)n1. The Balaban J connectivity index is 2.16. The van der Waals surface area contributed by atoms with Crippen LogP contribution in [0.15, 0.2) is 35.7 Å². The van der Waals surface area contributed by atoms with Gasteiger partial charge >= 0.3 is 12.1 Å². The van der Waals surface area contributed by atoms with Crippen LogP contribution in [-0.4, -0.2) is 33.4 Å². The highest BCUT2D eigenvalue weighted by Gasteiger charge is 2.35. The summed E-state index contributed by atoms with van der Waals surface area (Å²) in [5.41, 5.74) is 0.501. The molecule has 0 radical (unpaired) electrons. The van der Waals surface area contributed by atoms with Crippen molar-refractivity contribution < 1.29 is 27.9 Å². The Hall–Kier alpha value is -2.42. The number of carbonyl (C=O) groups is 2. The normalized spacial score (nSPS) is 11.3. The number of amides is 1. The van der Waals surface area contributed by atoms with Gasteiger partial charge in [0.2, 0.25) is 0 Å². The molecular formula is C16H15F3N2O3S. The molecule has 134 valence electrons. The summed E-state index contributed by atoms with van der Waals surface area (Å²) in [6.07, 6.45) is -4.54. The smallest absolute Gasteiger partial charge is 0.443 e. The molecule has 0 atom stereocenters. The average Bonchev–Trinajstić information content (AvgIpc) is 3.04. The largest absolute Gasteiger partial charge is 0.481 e. The number of aliphatic carboxylic acids is 1. The molecule has 0 saturated heterocycles. The minimum absolute atomic E-state index is 0.110. The number of carboxylic acid groups (broad SMARTS) is 1. The molecule has 0 spiro atoms. The van der Waals surface area contributed by atoms with Crippen molar-refractivity contribution in [2.45, 2.75) is 25.6 Å². The van der Waals surface area contributed by atoms with Crippen LogP contribution in [0.3, 0.4) is 0 Å². The number of carbonyl (C=O) groups excluding carboxylic acids is 1. The maximum absolute atomic E-state index is 12.7. The highest BCUT2D eigenvalue weighted by molar-refractivity contribution is 7.09. The van der Waals surface area contributed by atoms with Crippen LogP contribution in [0, 0.1) is 0 Å². The maximum atomic E-state index is 12.7. The molecule has 1 N–H and O–H groups in total. The molecule has 0 unspecified atom stereocenters. The molecule has 1 aromatic carbocycles. The molecule has 1 heterocycles. The minimum Gasteiger partial charge on any atom is -0.481 e. The van der Waals surface area contributed by atoms with Crippen LogP contribution in [0.4, 0.5) is 13.2 Å². The van der Waals surface area contributed by atoms with E-state index in [1.807, 2.05) is 0 Å². The van der Waals surface area contributed by atoms with Crippen molar-refractivity contribution in [2.24, 2.45) is 0 Å². The molecule has 9 heteroatoms. The van der Waals surface area contributed by atoms with Gasteiger partial charge in [0.15, 0.2) is 5.01 Å². The third-order valence-electron chi connectivity index (χ3n) is 3.29. The first-order chi connectivity index (χ1) is 11.8. The molecule has 0 bridgehead atoms. The highest BCUT2D eigenvalue weighted by Crippen LogP contribution is 2.31. The van der Waals surface area contributed by atoms with E-state index in [1.165, 1.54) is 4.90 Å². The molecule has 2 rings (SSSR count). The lowest BCUT2D eigenvalue weighted by molar-refractivity contribution is -0.138. The fourth-order valence-corrected chi connectivity index (χ4v) is 2.80. The van der Waals surface area contributed by atoms with E-state index in [2.05, 4.69) is 4.98 Å². The van der Waals surface area contributed by atoms with E-state index in [4.69, 9.17) is 5.11 Å². The standard InChI is InChI=1S/C16H15F3N2O3S/c17-16(18,19)15-20-12(10-25-15)14(24)21(8-4-7-13(22)23)9-11-5-2-1-3-6-11/h1-3,5-6,10H,4,7-9H2,(H,22,23). The van der Waals surface area contributed by atoms with Crippen molar-refractivity contribution >= 4 is 23.2 Å². The molecule has 0 aliphatic carbocycles. The summed E-state index contributed by atoms with van der Waals surface area (Å²) in [5.74, 6) is -1.65. The van der Waals surface area contributed by atoms with Gasteiger partial charge in [-0.25, -0.2) is 4.98 Å². The lowest BCUT2D eigenvalue weighted by Crippen LogP contribution is -2.32. The number of nitrogens with zero attached hydrogens (tertiary/aromatic N) is 2. The first-order valence-electron chi connectivity index (χ1n) is 7.35. The second kappa shape index (κ2) is 8.11. The molecule has 1 aromatic heterocycles. The fourth-order valence-electron chi connectivity index (χ4n) is 2.14. The number of hydrogen-bond donors (Lipinski definition) is 1. The van der Waals surface area contributed by atoms with E-state index in [-0.39, 0.29) is 31.6 Å². The number of alkyl halides is 3. The predicted octanol–water partition coefficient (Wildman–Crippen LogP) is 3.67. The van der Waals surface area contributed by atoms with E-state index in [1.54, 1.807) is 30.3 Å². The van der Waals surface area contributed by atoms with Gasteiger partial charge in [-0.05, 0) is 12.0 Å². The zero-order valence-electron chi connectivity index (χ0n) is 13.0. The number of aromatic nitrogens is 1. The maximum Gasteiger partial charge on any atom is 0.443 e. The summed E-state index contributed by atoms with van der Waals surface area (Å²) in [7, 11) is 0. The molecular weight excluding hydrogens is 357 g/mol. The van der Waals surface area contributed by atoms with Crippen molar-refractivity contribution in [3.05, 3.63) is 52.0 Å². The number of hydrogen-bond acceptors (Lipinski definition) is 4. The summed E-state index contributed by atoms with van der Waals surface area (Å²) in [6.45, 7) is 0.275. The van der Waals surface area contributed by atoms with Gasteiger partial charge < -0.3 is 10.0 Å². The van der Waals surface area contributed by atoms with Gasteiger partial charge in [-0.3, -0.25) is 9.59 Å². The molecule has 0 fully saturated rings. The predicted molar refractivity (Wildman–Crippen MR) is 85.2 cm³/mol. The van der Waals surface area contributed by atoms with Crippen molar-refractivity contribution in [1.82, 2.24) is 9.88 Å². The molecule has 1 amide bonds. The Kier molecular flexibility index (Phi) is 6.13. The number of thiazole rings is 1. The van der Waals surface area contributed by atoms with Crippen LogP contribution in [0.2, 0.25) is 0 Å². The molecule has 5 nitrogen and oxygen atoms in total. The second-order valence-corrected chi connectivity index (χ2v) is 6.10. The number of rotatable bonds is 7. The van der Waals surface area contributed by atoms with E-state index < -0.39 is 23.1 Å². The Morgan fingerprint density at radius 1 is 1.20 bits per heavy atom. The van der Waals surface area contributed by atoms with Gasteiger partial charge in [0.1, 0.15) is 5.69 Å². The second-order valence-electron chi connectivity index (χ2n) is 5.25. The van der Waals surface area contributed by atoms with Gasteiger partial charge in [0.05, 0.1) is 0 Å². The topological polar surface area (TPSA) is 70.5 Å². The minimum atomic E-state index is -4.60. The molecule has 2 aromatic rings. The molecule has 0 aliphatic rings. The summed E-state index contributed by atoms with van der Waals surface area (Å²) in [6, 6.07) is 8.91. The van der Waals surface area contributed by atoms with Crippen LogP contribution in [-0.2, 0) is 17.5 Å². The van der Waals surface area contributed by atoms with Crippen molar-refractivity contribution in [1.29, 1.82) is 0 Å². The molecule has 0 aliphatic heterocycles. The zero-order valence-corrected chi connectivity index (χ0v) is 13.8. The number of carboxylic acids is 1. The summed E-state index contributed by atoms with van der Waals surface area (Å²) < 4.78 is 38.0. The fraction of sp³-hybridized carbons (Fsp3) is 0.312. The Morgan fingerprint density at radius 3 is 2.44 bits per heavy atom. The van der Waals surface area contributed by atoms with Crippen LogP contribution in [0.1, 0.15) is 33.9 Å². The van der Waals surface area contributed by atoms with Gasteiger partial charge in [0.25, 0.3) is 5.91 Å². The van der Waals surface area contributed by atoms with Gasteiger partial charge in [-0.15, -0.1) is 11.3 Å². The van der Waals surface area contributed by atoms with E-state index >= 15 is 0 Å². The summed E-state index contributed by atoms with van der Waals surface area (Å²) >= 11 is 0.360. The van der Waals surface area contributed by atoms with E-state index in [9.17, 15) is 22.8 Å². The summed E-state index contributed by atoms with van der Waals surface area (Å²) in [4.78, 5) is 27.9. The van der Waals surface area contributed by atoms with Crippen LogP contribution in [0.25, 0.3) is 0 Å². The third kappa shape index (κ3) is 5.56. The summed E-state index contributed by atoms with van der Waals surface area (Å²) in [5, 5.41) is 8.71. The third-order valence-corrected chi connectivity index (χ3v) is 4.18. The van der Waals surface area contributed by atoms with Crippen molar-refractivity contribution in [2.75, 3.05) is 6.54 Å². The van der Waals surface area contributed by atoms with Crippen molar-refractivity contribution in [3.8, 4) is 0 Å². The zero-order chi connectivity index (χ0) is 18.4. The van der Waals surface area contributed by atoms with Gasteiger partial charge in [0, 0.05) is 24.9 Å². The highest BCUT2D eigenvalue weighted by atomic mass is 32.1. The molecule has 0 saturated carbocycles. The number of benzene rings is 1. The average molecular weight is 372 g/mol. The van der Waals surface area contributed by atoms with Crippen LogP contribution in [0.5, 0.6) is 0 Å². The van der Waals surface area contributed by atoms with Crippen LogP contribution < -0.4 is 0 Å². The Labute approximate surface area is 145 Å². The number of halogens is 3. The lowest BCUT2D eigenvalue weighted by atomic mass is 10.2. The molecule has 25 heavy (non-hydrogen) atoms. The van der Waals surface area contributed by atoms with Crippen molar-refractivity contribution in [3.63, 3.8) is 0 Å². The monoisotopic (exact) mass is 372 g/mol. The van der Waals surface area contributed by atoms with Crippen LogP contribution >= 0.6 is 11.3 Å². The van der Waals surface area contributed by atoms with Gasteiger partial charge in [-0.2, -0.15) is 13.2 Å². The van der Waals surface area contributed by atoms with E-state index in [0.29, 0.717) is 11.3 Å². The first kappa shape index (κ1) is 18.9. The lowest BCUT2D eigenvalue weighted by Gasteiger charge is -2.21. The quantitative estimate of drug-likeness (QED) is 0.805. The van der Waals surface area contributed by atoms with E-state index in [0.717, 1.165) is 10.9 Å².